The number of hydrogen-bond acceptors (Lipinski definition) is 7. The van der Waals surface area contributed by atoms with E-state index in [1.807, 2.05) is 24.3 Å². The van der Waals surface area contributed by atoms with E-state index in [1.54, 1.807) is 20.8 Å². The summed E-state index contributed by atoms with van der Waals surface area (Å²) in [6.45, 7) is 5.58. The highest BCUT2D eigenvalue weighted by atomic mass is 32.1. The molecule has 1 aromatic carbocycles. The van der Waals surface area contributed by atoms with Crippen molar-refractivity contribution in [3.63, 3.8) is 0 Å². The number of esters is 1. The van der Waals surface area contributed by atoms with Crippen LogP contribution in [0.25, 0.3) is 10.1 Å². The number of methoxy groups -OCH3 is 1. The lowest BCUT2D eigenvalue weighted by Gasteiger charge is -2.27. The van der Waals surface area contributed by atoms with E-state index < -0.39 is 23.7 Å². The molecule has 1 aromatic heterocycles. The molecular weight excluding hydrogens is 356 g/mol. The van der Waals surface area contributed by atoms with Gasteiger partial charge in [-0.15, -0.1) is 0 Å². The van der Waals surface area contributed by atoms with Crippen molar-refractivity contribution in [2.24, 2.45) is 0 Å². The van der Waals surface area contributed by atoms with Gasteiger partial charge in [-0.2, -0.15) is 4.37 Å². The molecule has 0 spiro atoms. The summed E-state index contributed by atoms with van der Waals surface area (Å²) in [6, 6.07) is 7.04. The third-order valence-electron chi connectivity index (χ3n) is 3.99. The van der Waals surface area contributed by atoms with E-state index >= 15 is 0 Å². The average molecular weight is 378 g/mol. The Kier molecular flexibility index (Phi) is 5.04. The summed E-state index contributed by atoms with van der Waals surface area (Å²) in [5.74, 6) is 0.0374. The minimum atomic E-state index is -0.732. The lowest BCUT2D eigenvalue weighted by atomic mass is 10.2. The Labute approximate surface area is 156 Å². The first-order chi connectivity index (χ1) is 12.3. The SMILES string of the molecule is COC(=O)[C@H]1C[C@@H](Oc2nsc3ccccc23)CN1C(=O)OC(C)(C)C. The van der Waals surface area contributed by atoms with Crippen molar-refractivity contribution in [2.45, 2.75) is 44.9 Å². The van der Waals surface area contributed by atoms with Gasteiger partial charge >= 0.3 is 12.1 Å². The van der Waals surface area contributed by atoms with Crippen LogP contribution in [-0.2, 0) is 14.3 Å². The number of carbonyl (C=O) groups is 2. The van der Waals surface area contributed by atoms with Crippen molar-refractivity contribution in [1.82, 2.24) is 9.27 Å². The molecule has 0 aliphatic carbocycles. The van der Waals surface area contributed by atoms with Crippen molar-refractivity contribution in [3.8, 4) is 5.88 Å². The van der Waals surface area contributed by atoms with Gasteiger partial charge in [0.15, 0.2) is 0 Å². The van der Waals surface area contributed by atoms with Gasteiger partial charge in [0.05, 0.1) is 23.7 Å². The van der Waals surface area contributed by atoms with Crippen LogP contribution >= 0.6 is 11.5 Å². The van der Waals surface area contributed by atoms with Crippen LogP contribution in [0.5, 0.6) is 5.88 Å². The average Bonchev–Trinajstić information content (AvgIpc) is 3.18. The van der Waals surface area contributed by atoms with E-state index in [9.17, 15) is 9.59 Å². The number of fused-ring (bicyclic) bond motifs is 1. The number of likely N-dealkylation sites (tertiary alicyclic amines) is 1. The fourth-order valence-corrected chi connectivity index (χ4v) is 3.59. The number of benzene rings is 1. The maximum atomic E-state index is 12.5. The molecule has 1 fully saturated rings. The standard InChI is InChI=1S/C18H22N2O5S/c1-18(2,3)25-17(22)20-10-11(9-13(20)16(21)23-4)24-15-12-7-5-6-8-14(12)26-19-15/h5-8,11,13H,9-10H2,1-4H3/t11-,13-/m1/s1. The first-order valence-electron chi connectivity index (χ1n) is 8.37. The highest BCUT2D eigenvalue weighted by Crippen LogP contribution is 2.31. The second kappa shape index (κ2) is 7.11. The maximum absolute atomic E-state index is 12.5. The van der Waals surface area contributed by atoms with Gasteiger partial charge in [0.25, 0.3) is 0 Å². The van der Waals surface area contributed by atoms with Gasteiger partial charge in [-0.1, -0.05) is 12.1 Å². The topological polar surface area (TPSA) is 78.0 Å². The molecule has 7 nitrogen and oxygen atoms in total. The number of amides is 1. The summed E-state index contributed by atoms with van der Waals surface area (Å²) in [6.07, 6.45) is -0.586. The van der Waals surface area contributed by atoms with Gasteiger partial charge in [-0.25, -0.2) is 9.59 Å². The van der Waals surface area contributed by atoms with E-state index in [0.29, 0.717) is 12.3 Å². The second-order valence-corrected chi connectivity index (χ2v) is 7.94. The Morgan fingerprint density at radius 3 is 2.69 bits per heavy atom. The van der Waals surface area contributed by atoms with Gasteiger partial charge in [0.2, 0.25) is 5.88 Å². The van der Waals surface area contributed by atoms with Gasteiger partial charge in [0, 0.05) is 6.42 Å². The molecule has 3 rings (SSSR count). The zero-order valence-corrected chi connectivity index (χ0v) is 16.0. The summed E-state index contributed by atoms with van der Waals surface area (Å²) in [7, 11) is 1.30. The van der Waals surface area contributed by atoms with Crippen molar-refractivity contribution in [1.29, 1.82) is 0 Å². The van der Waals surface area contributed by atoms with Crippen LogP contribution in [0.15, 0.2) is 24.3 Å². The Balaban J connectivity index is 1.77. The smallest absolute Gasteiger partial charge is 0.411 e. The maximum Gasteiger partial charge on any atom is 0.411 e. The Hall–Kier alpha value is -2.35. The molecule has 0 unspecified atom stereocenters. The number of aromatic nitrogens is 1. The molecule has 0 N–H and O–H groups in total. The van der Waals surface area contributed by atoms with Crippen molar-refractivity contribution in [2.75, 3.05) is 13.7 Å². The highest BCUT2D eigenvalue weighted by Gasteiger charge is 2.43. The Bertz CT molecular complexity index is 813. The van der Waals surface area contributed by atoms with Gasteiger partial charge in [-0.3, -0.25) is 4.90 Å². The molecule has 0 bridgehead atoms. The number of ether oxygens (including phenoxy) is 3. The summed E-state index contributed by atoms with van der Waals surface area (Å²) >= 11 is 1.35. The normalized spacial score (nSPS) is 20.2. The van der Waals surface area contributed by atoms with Crippen LogP contribution in [0.2, 0.25) is 0 Å². The first kappa shape index (κ1) is 18.4. The van der Waals surface area contributed by atoms with Crippen LogP contribution in [0, 0.1) is 0 Å². The first-order valence-corrected chi connectivity index (χ1v) is 9.14. The van der Waals surface area contributed by atoms with E-state index in [2.05, 4.69) is 4.37 Å². The van der Waals surface area contributed by atoms with E-state index in [-0.39, 0.29) is 12.6 Å². The van der Waals surface area contributed by atoms with E-state index in [4.69, 9.17) is 14.2 Å². The van der Waals surface area contributed by atoms with Crippen molar-refractivity contribution in [3.05, 3.63) is 24.3 Å². The van der Waals surface area contributed by atoms with Crippen LogP contribution in [-0.4, -0.2) is 52.7 Å². The monoisotopic (exact) mass is 378 g/mol. The zero-order chi connectivity index (χ0) is 18.9. The van der Waals surface area contributed by atoms with Crippen LogP contribution in [0.3, 0.4) is 0 Å². The predicted molar refractivity (Wildman–Crippen MR) is 97.4 cm³/mol. The zero-order valence-electron chi connectivity index (χ0n) is 15.2. The molecule has 1 aliphatic rings. The molecular formula is C18H22N2O5S. The van der Waals surface area contributed by atoms with Crippen molar-refractivity contribution >= 4 is 33.7 Å². The minimum Gasteiger partial charge on any atom is -0.471 e. The molecule has 26 heavy (non-hydrogen) atoms. The van der Waals surface area contributed by atoms with Crippen LogP contribution in [0.4, 0.5) is 4.79 Å². The van der Waals surface area contributed by atoms with Crippen LogP contribution < -0.4 is 4.74 Å². The lowest BCUT2D eigenvalue weighted by Crippen LogP contribution is -2.44. The lowest BCUT2D eigenvalue weighted by molar-refractivity contribution is -0.145. The summed E-state index contributed by atoms with van der Waals surface area (Å²) in [4.78, 5) is 26.0. The van der Waals surface area contributed by atoms with Gasteiger partial charge in [-0.05, 0) is 44.4 Å². The second-order valence-electron chi connectivity index (χ2n) is 7.13. The largest absolute Gasteiger partial charge is 0.471 e. The number of hydrogen-bond donors (Lipinski definition) is 0. The van der Waals surface area contributed by atoms with Crippen LogP contribution in [0.1, 0.15) is 27.2 Å². The predicted octanol–water partition coefficient (Wildman–Crippen LogP) is 3.23. The molecule has 8 heteroatoms. The van der Waals surface area contributed by atoms with Crippen molar-refractivity contribution < 1.29 is 23.8 Å². The van der Waals surface area contributed by atoms with Gasteiger partial charge in [0.1, 0.15) is 17.7 Å². The molecule has 2 heterocycles. The van der Waals surface area contributed by atoms with E-state index in [0.717, 1.165) is 10.1 Å². The summed E-state index contributed by atoms with van der Waals surface area (Å²) in [5, 5.41) is 0.919. The Morgan fingerprint density at radius 1 is 1.27 bits per heavy atom. The fourth-order valence-electron chi connectivity index (χ4n) is 2.87. The molecule has 2 aromatic rings. The molecule has 1 saturated heterocycles. The summed E-state index contributed by atoms with van der Waals surface area (Å²) < 4.78 is 21.6. The van der Waals surface area contributed by atoms with Gasteiger partial charge < -0.3 is 14.2 Å². The number of rotatable bonds is 3. The van der Waals surface area contributed by atoms with E-state index in [1.165, 1.54) is 23.5 Å². The molecule has 1 aliphatic heterocycles. The molecule has 140 valence electrons. The third kappa shape index (κ3) is 3.90. The molecule has 2 atom stereocenters. The highest BCUT2D eigenvalue weighted by molar-refractivity contribution is 7.13. The molecule has 1 amide bonds. The Morgan fingerprint density at radius 2 is 2.00 bits per heavy atom. The number of nitrogens with zero attached hydrogens (tertiary/aromatic N) is 2. The number of carbonyl (C=O) groups excluding carboxylic acids is 2. The quantitative estimate of drug-likeness (QED) is 0.763. The minimum absolute atomic E-state index is 0.237. The molecule has 0 saturated carbocycles. The third-order valence-corrected chi connectivity index (χ3v) is 4.80. The fraction of sp³-hybridized carbons (Fsp3) is 0.500. The molecule has 0 radical (unpaired) electrons. The summed E-state index contributed by atoms with van der Waals surface area (Å²) in [5.41, 5.74) is -0.651.